The van der Waals surface area contributed by atoms with Gasteiger partial charge in [0, 0.05) is 25.0 Å². The molecule has 4 rings (SSSR count). The van der Waals surface area contributed by atoms with Crippen molar-refractivity contribution in [1.82, 2.24) is 5.32 Å². The summed E-state index contributed by atoms with van der Waals surface area (Å²) in [6.07, 6.45) is 5.56. The zero-order chi connectivity index (χ0) is 19.3. The minimum atomic E-state index is -0.957. The Morgan fingerprint density at radius 2 is 2.15 bits per heavy atom. The average molecular weight is 377 g/mol. The molecule has 2 aliphatic carbocycles. The molecule has 6 atom stereocenters. The van der Waals surface area contributed by atoms with Gasteiger partial charge in [0.1, 0.15) is 11.9 Å². The minimum absolute atomic E-state index is 0.00671. The molecule has 1 saturated heterocycles. The van der Waals surface area contributed by atoms with E-state index in [1.54, 1.807) is 13.4 Å². The summed E-state index contributed by atoms with van der Waals surface area (Å²) in [5.41, 5.74) is -1.85. The Kier molecular flexibility index (Phi) is 4.64. The molecule has 0 unspecified atom stereocenters. The fraction of sp³-hybridized carbons (Fsp3) is 0.762. The highest BCUT2D eigenvalue weighted by Crippen LogP contribution is 2.61. The molecule has 150 valence electrons. The lowest BCUT2D eigenvalue weighted by atomic mass is 9.49. The van der Waals surface area contributed by atoms with Crippen LogP contribution in [0.2, 0.25) is 0 Å². The Labute approximate surface area is 160 Å². The molecule has 3 aliphatic rings. The summed E-state index contributed by atoms with van der Waals surface area (Å²) in [6.45, 7) is 5.26. The third-order valence-electron chi connectivity index (χ3n) is 7.70. The van der Waals surface area contributed by atoms with E-state index in [0.717, 1.165) is 25.0 Å². The van der Waals surface area contributed by atoms with Gasteiger partial charge in [-0.05, 0) is 51.2 Å². The summed E-state index contributed by atoms with van der Waals surface area (Å²) >= 11 is 0. The van der Waals surface area contributed by atoms with E-state index in [1.165, 1.54) is 0 Å². The van der Waals surface area contributed by atoms with Gasteiger partial charge in [0.15, 0.2) is 0 Å². The molecule has 3 fully saturated rings. The monoisotopic (exact) mass is 377 g/mol. The van der Waals surface area contributed by atoms with Crippen LogP contribution in [0.3, 0.4) is 0 Å². The fourth-order valence-electron chi connectivity index (χ4n) is 5.88. The molecule has 2 saturated carbocycles. The number of nitrogens with one attached hydrogen (secondary N) is 1. The van der Waals surface area contributed by atoms with E-state index in [0.29, 0.717) is 25.9 Å². The number of carbonyl (C=O) groups is 1. The zero-order valence-electron chi connectivity index (χ0n) is 16.5. The SMILES string of the molecule is CO[C@]1(C)CCC[C@]2(C)C[C@H]3OC(=O)[C@@H](CNCc4ccco4)[C@@H]3C[C@@]21O. The lowest BCUT2D eigenvalue weighted by molar-refractivity contribution is -0.270. The van der Waals surface area contributed by atoms with Gasteiger partial charge >= 0.3 is 5.97 Å². The number of rotatable bonds is 5. The van der Waals surface area contributed by atoms with E-state index in [2.05, 4.69) is 12.2 Å². The van der Waals surface area contributed by atoms with Crippen LogP contribution in [0.4, 0.5) is 0 Å². The lowest BCUT2D eigenvalue weighted by Crippen LogP contribution is -2.69. The van der Waals surface area contributed by atoms with Gasteiger partial charge in [0.25, 0.3) is 0 Å². The smallest absolute Gasteiger partial charge is 0.310 e. The van der Waals surface area contributed by atoms with Gasteiger partial charge in [0.2, 0.25) is 0 Å². The summed E-state index contributed by atoms with van der Waals surface area (Å²) in [5, 5.41) is 15.2. The number of furan rings is 1. The maximum absolute atomic E-state index is 12.6. The van der Waals surface area contributed by atoms with Gasteiger partial charge in [-0.1, -0.05) is 6.92 Å². The van der Waals surface area contributed by atoms with Crippen LogP contribution in [-0.2, 0) is 20.8 Å². The van der Waals surface area contributed by atoms with Crippen molar-refractivity contribution in [3.63, 3.8) is 0 Å². The summed E-state index contributed by atoms with van der Waals surface area (Å²) in [4.78, 5) is 12.6. The van der Waals surface area contributed by atoms with Crippen molar-refractivity contribution in [3.05, 3.63) is 24.2 Å². The van der Waals surface area contributed by atoms with E-state index in [1.807, 2.05) is 19.1 Å². The lowest BCUT2D eigenvalue weighted by Gasteiger charge is -2.62. The van der Waals surface area contributed by atoms with Crippen LogP contribution in [0.15, 0.2) is 22.8 Å². The van der Waals surface area contributed by atoms with Crippen molar-refractivity contribution in [2.24, 2.45) is 17.3 Å². The third-order valence-corrected chi connectivity index (χ3v) is 7.70. The maximum atomic E-state index is 12.6. The van der Waals surface area contributed by atoms with Crippen LogP contribution in [0.1, 0.15) is 51.7 Å². The van der Waals surface area contributed by atoms with Crippen molar-refractivity contribution in [2.45, 2.75) is 69.8 Å². The van der Waals surface area contributed by atoms with Gasteiger partial charge in [-0.3, -0.25) is 4.79 Å². The van der Waals surface area contributed by atoms with Crippen molar-refractivity contribution in [2.75, 3.05) is 13.7 Å². The standard InChI is InChI=1S/C21H31NO5/c1-19-7-5-8-20(2,25-3)21(19,24)10-15-16(18(23)27-17(15)11-19)13-22-12-14-6-4-9-26-14/h4,6,9,15-17,22,24H,5,7-8,10-13H2,1-3H3/t15-,16-,17+,19+,20+,21+/m0/s1. The Morgan fingerprint density at radius 1 is 1.33 bits per heavy atom. The number of aliphatic hydroxyl groups is 1. The maximum Gasteiger partial charge on any atom is 0.310 e. The highest BCUT2D eigenvalue weighted by Gasteiger charge is 2.67. The zero-order valence-corrected chi connectivity index (χ0v) is 16.5. The van der Waals surface area contributed by atoms with Gasteiger partial charge in [-0.2, -0.15) is 0 Å². The highest BCUT2D eigenvalue weighted by atomic mass is 16.6. The molecule has 6 heteroatoms. The van der Waals surface area contributed by atoms with Crippen LogP contribution < -0.4 is 5.32 Å². The first-order chi connectivity index (χ1) is 12.8. The van der Waals surface area contributed by atoms with Gasteiger partial charge in [-0.15, -0.1) is 0 Å². The Bertz CT molecular complexity index is 691. The molecule has 1 aromatic rings. The van der Waals surface area contributed by atoms with Gasteiger partial charge in [-0.25, -0.2) is 0 Å². The normalized spacial score (nSPS) is 43.9. The number of methoxy groups -OCH3 is 1. The minimum Gasteiger partial charge on any atom is -0.468 e. The molecule has 2 heterocycles. The fourth-order valence-corrected chi connectivity index (χ4v) is 5.88. The molecule has 6 nitrogen and oxygen atoms in total. The summed E-state index contributed by atoms with van der Waals surface area (Å²) < 4.78 is 17.0. The predicted molar refractivity (Wildman–Crippen MR) is 98.8 cm³/mol. The topological polar surface area (TPSA) is 80.9 Å². The number of ether oxygens (including phenoxy) is 2. The van der Waals surface area contributed by atoms with Crippen LogP contribution >= 0.6 is 0 Å². The quantitative estimate of drug-likeness (QED) is 0.768. The second-order valence-electron chi connectivity index (χ2n) is 9.07. The third kappa shape index (κ3) is 2.84. The summed E-state index contributed by atoms with van der Waals surface area (Å²) in [6, 6.07) is 3.76. The second kappa shape index (κ2) is 6.61. The van der Waals surface area contributed by atoms with Crippen molar-refractivity contribution < 1.29 is 23.8 Å². The molecule has 27 heavy (non-hydrogen) atoms. The number of esters is 1. The molecule has 0 spiro atoms. The summed E-state index contributed by atoms with van der Waals surface area (Å²) in [7, 11) is 1.69. The van der Waals surface area contributed by atoms with Gasteiger partial charge < -0.3 is 24.3 Å². The van der Waals surface area contributed by atoms with E-state index >= 15 is 0 Å². The van der Waals surface area contributed by atoms with Crippen LogP contribution in [0.25, 0.3) is 0 Å². The highest BCUT2D eigenvalue weighted by molar-refractivity contribution is 5.75. The average Bonchev–Trinajstić information content (AvgIpc) is 3.23. The van der Waals surface area contributed by atoms with Crippen LogP contribution in [0, 0.1) is 17.3 Å². The number of hydrogen-bond acceptors (Lipinski definition) is 6. The summed E-state index contributed by atoms with van der Waals surface area (Å²) in [5.74, 6) is 0.447. The Balaban J connectivity index is 1.52. The largest absolute Gasteiger partial charge is 0.468 e. The van der Waals surface area contributed by atoms with Crippen molar-refractivity contribution in [3.8, 4) is 0 Å². The van der Waals surface area contributed by atoms with Gasteiger partial charge in [0.05, 0.1) is 29.9 Å². The van der Waals surface area contributed by atoms with E-state index in [4.69, 9.17) is 13.9 Å². The predicted octanol–water partition coefficient (Wildman–Crippen LogP) is 2.65. The van der Waals surface area contributed by atoms with Crippen LogP contribution in [0.5, 0.6) is 0 Å². The van der Waals surface area contributed by atoms with Crippen LogP contribution in [-0.4, -0.2) is 42.0 Å². The Morgan fingerprint density at radius 3 is 2.85 bits per heavy atom. The Hall–Kier alpha value is -1.37. The van der Waals surface area contributed by atoms with E-state index < -0.39 is 11.2 Å². The molecule has 0 radical (unpaired) electrons. The molecule has 1 aliphatic heterocycles. The molecular formula is C21H31NO5. The molecule has 1 aromatic heterocycles. The first-order valence-electron chi connectivity index (χ1n) is 10.0. The molecular weight excluding hydrogens is 346 g/mol. The van der Waals surface area contributed by atoms with Crippen molar-refractivity contribution in [1.29, 1.82) is 0 Å². The van der Waals surface area contributed by atoms with Crippen molar-refractivity contribution >= 4 is 5.97 Å². The first kappa shape index (κ1) is 19.0. The second-order valence-corrected chi connectivity index (χ2v) is 9.07. The molecule has 0 bridgehead atoms. The number of carbonyl (C=O) groups excluding carboxylic acids is 1. The number of hydrogen-bond donors (Lipinski definition) is 2. The first-order valence-corrected chi connectivity index (χ1v) is 10.0. The molecule has 0 aromatic carbocycles. The molecule has 2 N–H and O–H groups in total. The number of fused-ring (bicyclic) bond motifs is 2. The molecule has 0 amide bonds. The van der Waals surface area contributed by atoms with E-state index in [-0.39, 0.29) is 29.3 Å². The van der Waals surface area contributed by atoms with E-state index in [9.17, 15) is 9.90 Å².